The molecule has 0 radical (unpaired) electrons. The Kier molecular flexibility index (Phi) is 7.55. The van der Waals surface area contributed by atoms with E-state index in [0.717, 1.165) is 28.7 Å². The van der Waals surface area contributed by atoms with Gasteiger partial charge in [0, 0.05) is 25.0 Å². The topological polar surface area (TPSA) is 57.1 Å². The van der Waals surface area contributed by atoms with E-state index in [1.807, 2.05) is 49.2 Å². The average Bonchev–Trinajstić information content (AvgIpc) is 3.05. The summed E-state index contributed by atoms with van der Waals surface area (Å²) in [5.74, 6) is 1.59. The summed E-state index contributed by atoms with van der Waals surface area (Å²) < 4.78 is 5.85. The summed E-state index contributed by atoms with van der Waals surface area (Å²) >= 11 is 7.30. The number of ether oxygens (including phenoxy) is 1. The van der Waals surface area contributed by atoms with Gasteiger partial charge < -0.3 is 20.1 Å². The van der Waals surface area contributed by atoms with Crippen LogP contribution in [0.2, 0.25) is 4.34 Å². The molecule has 0 saturated carbocycles. The maximum Gasteiger partial charge on any atom is 0.194 e. The van der Waals surface area contributed by atoms with Crippen molar-refractivity contribution >= 4 is 28.9 Å². The van der Waals surface area contributed by atoms with Crippen molar-refractivity contribution in [2.45, 2.75) is 19.6 Å². The molecule has 25 heavy (non-hydrogen) atoms. The molecule has 0 spiro atoms. The van der Waals surface area contributed by atoms with E-state index in [0.29, 0.717) is 10.9 Å². The minimum absolute atomic E-state index is 0.284. The molecule has 1 aromatic carbocycles. The van der Waals surface area contributed by atoms with E-state index in [1.165, 1.54) is 11.3 Å². The highest BCUT2D eigenvalue weighted by atomic mass is 35.5. The van der Waals surface area contributed by atoms with Crippen LogP contribution in [-0.2, 0) is 6.54 Å². The number of guanidine groups is 1. The number of aliphatic hydroxyl groups excluding tert-OH is 1. The summed E-state index contributed by atoms with van der Waals surface area (Å²) in [6, 6.07) is 11.6. The maximum atomic E-state index is 10.3. The minimum atomic E-state index is -0.652. The van der Waals surface area contributed by atoms with Crippen LogP contribution in [-0.4, -0.2) is 43.2 Å². The van der Waals surface area contributed by atoms with Gasteiger partial charge in [0.15, 0.2) is 5.96 Å². The Morgan fingerprint density at radius 3 is 2.60 bits per heavy atom. The number of nitrogens with zero attached hydrogens (tertiary/aromatic N) is 2. The summed E-state index contributed by atoms with van der Waals surface area (Å²) in [6.45, 7) is 3.77. The quantitative estimate of drug-likeness (QED) is 0.569. The van der Waals surface area contributed by atoms with E-state index in [4.69, 9.17) is 16.3 Å². The van der Waals surface area contributed by atoms with E-state index < -0.39 is 6.10 Å². The molecule has 1 unspecified atom stereocenters. The molecule has 0 aliphatic carbocycles. The van der Waals surface area contributed by atoms with Crippen LogP contribution < -0.4 is 10.1 Å². The third kappa shape index (κ3) is 5.92. The van der Waals surface area contributed by atoms with Crippen LogP contribution in [0.3, 0.4) is 0 Å². The normalized spacial score (nSPS) is 12.8. The van der Waals surface area contributed by atoms with Gasteiger partial charge in [-0.15, -0.1) is 11.3 Å². The Hall–Kier alpha value is -1.76. The van der Waals surface area contributed by atoms with Gasteiger partial charge in [0.25, 0.3) is 0 Å². The lowest BCUT2D eigenvalue weighted by atomic mass is 10.2. The molecule has 2 rings (SSSR count). The van der Waals surface area contributed by atoms with Crippen LogP contribution >= 0.6 is 22.9 Å². The first-order valence-electron chi connectivity index (χ1n) is 8.09. The summed E-state index contributed by atoms with van der Waals surface area (Å²) in [5, 5.41) is 13.5. The highest BCUT2D eigenvalue weighted by Crippen LogP contribution is 2.27. The zero-order chi connectivity index (χ0) is 18.2. The fraction of sp³-hybridized carbons (Fsp3) is 0.389. The molecule has 0 aliphatic rings. The Morgan fingerprint density at radius 2 is 2.04 bits per heavy atom. The smallest absolute Gasteiger partial charge is 0.194 e. The van der Waals surface area contributed by atoms with Crippen LogP contribution in [0.25, 0.3) is 0 Å². The zero-order valence-corrected chi connectivity index (χ0v) is 16.3. The summed E-state index contributed by atoms with van der Waals surface area (Å²) in [7, 11) is 3.63. The molecule has 0 amide bonds. The number of aliphatic imine (C=N–C) groups is 1. The second-order valence-corrected chi connectivity index (χ2v) is 7.30. The number of thiophene rings is 1. The van der Waals surface area contributed by atoms with Crippen LogP contribution in [0.15, 0.2) is 41.4 Å². The first-order chi connectivity index (χ1) is 12.0. The monoisotopic (exact) mass is 381 g/mol. The summed E-state index contributed by atoms with van der Waals surface area (Å²) in [6.07, 6.45) is -0.652. The number of nitrogens with one attached hydrogen (secondary N) is 1. The van der Waals surface area contributed by atoms with Crippen LogP contribution in [0.1, 0.15) is 23.5 Å². The largest absolute Gasteiger partial charge is 0.497 e. The van der Waals surface area contributed by atoms with Gasteiger partial charge in [-0.25, -0.2) is 0 Å². The average molecular weight is 382 g/mol. The van der Waals surface area contributed by atoms with E-state index in [-0.39, 0.29) is 6.54 Å². The van der Waals surface area contributed by atoms with Crippen molar-refractivity contribution in [3.05, 3.63) is 51.2 Å². The number of aliphatic hydroxyl groups is 1. The predicted molar refractivity (Wildman–Crippen MR) is 105 cm³/mol. The number of benzene rings is 1. The summed E-state index contributed by atoms with van der Waals surface area (Å²) in [4.78, 5) is 7.40. The molecular formula is C18H24ClN3O2S. The first-order valence-corrected chi connectivity index (χ1v) is 9.28. The Balaban J connectivity index is 2.01. The molecule has 0 bridgehead atoms. The highest BCUT2D eigenvalue weighted by molar-refractivity contribution is 7.16. The maximum absolute atomic E-state index is 10.3. The van der Waals surface area contributed by atoms with Gasteiger partial charge in [0.05, 0.1) is 18.0 Å². The molecule has 1 heterocycles. The van der Waals surface area contributed by atoms with Crippen LogP contribution in [0.5, 0.6) is 5.75 Å². The van der Waals surface area contributed by atoms with Crippen molar-refractivity contribution in [1.29, 1.82) is 0 Å². The molecule has 0 aliphatic heterocycles. The van der Waals surface area contributed by atoms with Crippen molar-refractivity contribution < 1.29 is 9.84 Å². The molecule has 5 nitrogen and oxygen atoms in total. The predicted octanol–water partition coefficient (Wildman–Crippen LogP) is 3.54. The SMILES string of the molecule is CCNC(=NCC(O)c1ccc(Cl)s1)N(C)Cc1ccc(OC)cc1. The minimum Gasteiger partial charge on any atom is -0.497 e. The third-order valence-electron chi connectivity index (χ3n) is 3.61. The Bertz CT molecular complexity index is 688. The fourth-order valence-electron chi connectivity index (χ4n) is 2.32. The summed E-state index contributed by atoms with van der Waals surface area (Å²) in [5.41, 5.74) is 1.15. The first kappa shape index (κ1) is 19.6. The van der Waals surface area contributed by atoms with Gasteiger partial charge in [0.2, 0.25) is 0 Å². The lowest BCUT2D eigenvalue weighted by Gasteiger charge is -2.22. The molecule has 2 N–H and O–H groups in total. The molecule has 0 saturated heterocycles. The van der Waals surface area contributed by atoms with Crippen LogP contribution in [0, 0.1) is 0 Å². The lowest BCUT2D eigenvalue weighted by Crippen LogP contribution is -2.38. The molecule has 2 aromatic rings. The molecule has 136 valence electrons. The molecular weight excluding hydrogens is 358 g/mol. The van der Waals surface area contributed by atoms with Gasteiger partial charge in [-0.2, -0.15) is 0 Å². The van der Waals surface area contributed by atoms with Crippen molar-refractivity contribution in [3.63, 3.8) is 0 Å². The van der Waals surface area contributed by atoms with Gasteiger partial charge in [-0.05, 0) is 36.8 Å². The number of rotatable bonds is 7. The van der Waals surface area contributed by atoms with E-state index in [9.17, 15) is 5.11 Å². The number of hydrogen-bond acceptors (Lipinski definition) is 4. The number of hydrogen-bond donors (Lipinski definition) is 2. The highest BCUT2D eigenvalue weighted by Gasteiger charge is 2.12. The van der Waals surface area contributed by atoms with E-state index in [2.05, 4.69) is 10.3 Å². The second kappa shape index (κ2) is 9.65. The van der Waals surface area contributed by atoms with E-state index >= 15 is 0 Å². The Labute approximate surface area is 157 Å². The molecule has 1 atom stereocenters. The van der Waals surface area contributed by atoms with E-state index in [1.54, 1.807) is 13.2 Å². The zero-order valence-electron chi connectivity index (χ0n) is 14.7. The van der Waals surface area contributed by atoms with Crippen molar-refractivity contribution in [3.8, 4) is 5.75 Å². The number of halogens is 1. The standard InChI is InChI=1S/C18H24ClN3O2S/c1-4-20-18(21-11-15(23)16-9-10-17(19)25-16)22(2)12-13-5-7-14(24-3)8-6-13/h5-10,15,23H,4,11-12H2,1-3H3,(H,20,21). The van der Waals surface area contributed by atoms with Gasteiger partial charge >= 0.3 is 0 Å². The van der Waals surface area contributed by atoms with Crippen molar-refractivity contribution in [1.82, 2.24) is 10.2 Å². The molecule has 0 fully saturated rings. The third-order valence-corrected chi connectivity index (χ3v) is 4.94. The Morgan fingerprint density at radius 1 is 1.32 bits per heavy atom. The van der Waals surface area contributed by atoms with Gasteiger partial charge in [-0.3, -0.25) is 4.99 Å². The van der Waals surface area contributed by atoms with Crippen LogP contribution in [0.4, 0.5) is 0 Å². The van der Waals surface area contributed by atoms with Crippen molar-refractivity contribution in [2.75, 3.05) is 27.2 Å². The van der Waals surface area contributed by atoms with Crippen molar-refractivity contribution in [2.24, 2.45) is 4.99 Å². The second-order valence-electron chi connectivity index (χ2n) is 5.56. The number of methoxy groups -OCH3 is 1. The lowest BCUT2D eigenvalue weighted by molar-refractivity contribution is 0.190. The fourth-order valence-corrected chi connectivity index (χ4v) is 3.36. The van der Waals surface area contributed by atoms with Gasteiger partial charge in [0.1, 0.15) is 11.9 Å². The molecule has 7 heteroatoms. The van der Waals surface area contributed by atoms with Gasteiger partial charge in [-0.1, -0.05) is 23.7 Å². The molecule has 1 aromatic heterocycles.